The number of allylic oxidation sites excluding steroid dienone is 1. The third-order valence-electron chi connectivity index (χ3n) is 2.43. The van der Waals surface area contributed by atoms with E-state index in [1.54, 1.807) is 12.1 Å². The average molecular weight is 200 g/mol. The Hall–Kier alpha value is -1.75. The van der Waals surface area contributed by atoms with Gasteiger partial charge in [-0.2, -0.15) is 5.26 Å². The molecule has 0 saturated carbocycles. The van der Waals surface area contributed by atoms with Gasteiger partial charge in [-0.15, -0.1) is 0 Å². The average Bonchev–Trinajstić information content (AvgIpc) is 2.16. The van der Waals surface area contributed by atoms with Gasteiger partial charge in [0.15, 0.2) is 0 Å². The van der Waals surface area contributed by atoms with Crippen LogP contribution < -0.4 is 5.73 Å². The topological polar surface area (TPSA) is 49.8 Å². The number of benzene rings is 1. The Labute approximate surface area is 91.0 Å². The molecular formula is C13H16N2. The van der Waals surface area contributed by atoms with Gasteiger partial charge in [-0.25, -0.2) is 0 Å². The molecule has 1 aromatic carbocycles. The van der Waals surface area contributed by atoms with E-state index in [2.05, 4.69) is 33.4 Å². The monoisotopic (exact) mass is 200 g/mol. The molecule has 2 heteroatoms. The highest BCUT2D eigenvalue weighted by Gasteiger charge is 2.17. The molecule has 15 heavy (non-hydrogen) atoms. The number of nitrogen functional groups attached to an aromatic ring is 1. The lowest BCUT2D eigenvalue weighted by molar-refractivity contribution is 0.568. The van der Waals surface area contributed by atoms with Gasteiger partial charge in [0, 0.05) is 5.69 Å². The van der Waals surface area contributed by atoms with Gasteiger partial charge >= 0.3 is 0 Å². The van der Waals surface area contributed by atoms with Gasteiger partial charge in [-0.05, 0) is 28.7 Å². The highest BCUT2D eigenvalue weighted by Crippen LogP contribution is 2.33. The van der Waals surface area contributed by atoms with Gasteiger partial charge in [0.1, 0.15) is 6.07 Å². The molecule has 2 nitrogen and oxygen atoms in total. The van der Waals surface area contributed by atoms with E-state index in [0.717, 1.165) is 11.1 Å². The first kappa shape index (κ1) is 11.3. The molecule has 1 aromatic rings. The zero-order valence-electron chi connectivity index (χ0n) is 9.46. The van der Waals surface area contributed by atoms with Crippen LogP contribution in [0.25, 0.3) is 5.57 Å². The van der Waals surface area contributed by atoms with Gasteiger partial charge in [0.05, 0.1) is 5.56 Å². The number of nitrogens with zero attached hydrogens (tertiary/aromatic N) is 1. The van der Waals surface area contributed by atoms with Crippen molar-refractivity contribution in [2.75, 3.05) is 5.73 Å². The molecule has 0 fully saturated rings. The van der Waals surface area contributed by atoms with E-state index in [1.807, 2.05) is 6.07 Å². The van der Waals surface area contributed by atoms with Gasteiger partial charge in [-0.3, -0.25) is 0 Å². The van der Waals surface area contributed by atoms with Crippen molar-refractivity contribution in [2.45, 2.75) is 20.8 Å². The van der Waals surface area contributed by atoms with Crippen molar-refractivity contribution in [1.82, 2.24) is 0 Å². The predicted molar refractivity (Wildman–Crippen MR) is 64.1 cm³/mol. The van der Waals surface area contributed by atoms with E-state index >= 15 is 0 Å². The van der Waals surface area contributed by atoms with Crippen molar-refractivity contribution in [3.63, 3.8) is 0 Å². The number of hydrogen-bond donors (Lipinski definition) is 1. The third-order valence-corrected chi connectivity index (χ3v) is 2.43. The molecule has 0 aliphatic heterocycles. The van der Waals surface area contributed by atoms with Crippen LogP contribution in [0.4, 0.5) is 5.69 Å². The Bertz CT molecular complexity index is 431. The summed E-state index contributed by atoms with van der Waals surface area (Å²) in [6, 6.07) is 7.53. The second-order valence-electron chi connectivity index (χ2n) is 4.64. The van der Waals surface area contributed by atoms with Crippen molar-refractivity contribution in [3.8, 4) is 6.07 Å². The molecule has 0 radical (unpaired) electrons. The van der Waals surface area contributed by atoms with Crippen LogP contribution in [-0.4, -0.2) is 0 Å². The van der Waals surface area contributed by atoms with Crippen LogP contribution >= 0.6 is 0 Å². The molecule has 0 atom stereocenters. The van der Waals surface area contributed by atoms with Gasteiger partial charge in [-0.1, -0.05) is 33.4 Å². The Kier molecular flexibility index (Phi) is 2.85. The Balaban J connectivity index is 3.20. The van der Waals surface area contributed by atoms with Crippen molar-refractivity contribution in [1.29, 1.82) is 5.26 Å². The fourth-order valence-corrected chi connectivity index (χ4v) is 1.27. The lowest BCUT2D eigenvalue weighted by Crippen LogP contribution is -2.07. The minimum absolute atomic E-state index is 0.00282. The molecule has 78 valence electrons. The van der Waals surface area contributed by atoms with Crippen molar-refractivity contribution in [2.24, 2.45) is 5.41 Å². The molecule has 2 N–H and O–H groups in total. The van der Waals surface area contributed by atoms with Gasteiger partial charge in [0.25, 0.3) is 0 Å². The maximum Gasteiger partial charge on any atom is 0.101 e. The molecule has 0 heterocycles. The number of hydrogen-bond acceptors (Lipinski definition) is 2. The highest BCUT2D eigenvalue weighted by atomic mass is 14.6. The summed E-state index contributed by atoms with van der Waals surface area (Å²) in [5.41, 5.74) is 8.68. The molecule has 0 aromatic heterocycles. The second kappa shape index (κ2) is 3.78. The fraction of sp³-hybridized carbons (Fsp3) is 0.308. The zero-order chi connectivity index (χ0) is 11.6. The summed E-state index contributed by atoms with van der Waals surface area (Å²) in [5.74, 6) is 0. The quantitative estimate of drug-likeness (QED) is 0.708. The van der Waals surface area contributed by atoms with Gasteiger partial charge < -0.3 is 5.73 Å². The minimum atomic E-state index is 0.00282. The maximum atomic E-state index is 8.87. The molecule has 0 saturated heterocycles. The first-order valence-corrected chi connectivity index (χ1v) is 4.85. The van der Waals surface area contributed by atoms with Gasteiger partial charge in [0.2, 0.25) is 0 Å². The molecule has 0 unspecified atom stereocenters. The minimum Gasteiger partial charge on any atom is -0.398 e. The summed E-state index contributed by atoms with van der Waals surface area (Å²) >= 11 is 0. The predicted octanol–water partition coefficient (Wildman–Crippen LogP) is 3.20. The van der Waals surface area contributed by atoms with Crippen LogP contribution in [0.15, 0.2) is 24.8 Å². The first-order chi connectivity index (χ1) is 6.86. The third kappa shape index (κ3) is 2.38. The van der Waals surface area contributed by atoms with Crippen LogP contribution in [0, 0.1) is 16.7 Å². The van der Waals surface area contributed by atoms with Crippen LogP contribution in [0.1, 0.15) is 31.9 Å². The maximum absolute atomic E-state index is 8.87. The summed E-state index contributed by atoms with van der Waals surface area (Å²) in [5, 5.41) is 8.87. The number of nitrogens with two attached hydrogens (primary N) is 1. The SMILES string of the molecule is C=C(c1ccc(N)c(C#N)c1)C(C)(C)C. The van der Waals surface area contributed by atoms with Crippen LogP contribution in [0.3, 0.4) is 0 Å². The second-order valence-corrected chi connectivity index (χ2v) is 4.64. The Morgan fingerprint density at radius 2 is 2.00 bits per heavy atom. The molecule has 0 bridgehead atoms. The molecule has 0 spiro atoms. The summed E-state index contributed by atoms with van der Waals surface area (Å²) in [6.07, 6.45) is 0. The molecule has 1 rings (SSSR count). The van der Waals surface area contributed by atoms with Crippen molar-refractivity contribution >= 4 is 11.3 Å². The number of anilines is 1. The van der Waals surface area contributed by atoms with Crippen LogP contribution in [0.2, 0.25) is 0 Å². The van der Waals surface area contributed by atoms with Crippen molar-refractivity contribution in [3.05, 3.63) is 35.9 Å². The largest absolute Gasteiger partial charge is 0.398 e. The van der Waals surface area contributed by atoms with Crippen LogP contribution in [0.5, 0.6) is 0 Å². The highest BCUT2D eigenvalue weighted by molar-refractivity contribution is 5.71. The standard InChI is InChI=1S/C13H16N2/c1-9(13(2,3)4)10-5-6-12(15)11(7-10)8-14/h5-7H,1,15H2,2-4H3. The number of rotatable bonds is 1. The van der Waals surface area contributed by atoms with Crippen molar-refractivity contribution < 1.29 is 0 Å². The lowest BCUT2D eigenvalue weighted by atomic mass is 9.83. The summed E-state index contributed by atoms with van der Waals surface area (Å²) in [4.78, 5) is 0. The van der Waals surface area contributed by atoms with E-state index in [9.17, 15) is 0 Å². The summed E-state index contributed by atoms with van der Waals surface area (Å²) in [6.45, 7) is 10.3. The first-order valence-electron chi connectivity index (χ1n) is 4.85. The van der Waals surface area contributed by atoms with E-state index in [4.69, 9.17) is 11.0 Å². The Morgan fingerprint density at radius 1 is 1.40 bits per heavy atom. The molecule has 0 aliphatic rings. The van der Waals surface area contributed by atoms with E-state index in [1.165, 1.54) is 0 Å². The number of nitriles is 1. The fourth-order valence-electron chi connectivity index (χ4n) is 1.27. The smallest absolute Gasteiger partial charge is 0.101 e. The molecule has 0 aliphatic carbocycles. The van der Waals surface area contributed by atoms with E-state index in [0.29, 0.717) is 11.3 Å². The van der Waals surface area contributed by atoms with Crippen LogP contribution in [-0.2, 0) is 0 Å². The molecular weight excluding hydrogens is 184 g/mol. The lowest BCUT2D eigenvalue weighted by Gasteiger charge is -2.22. The zero-order valence-corrected chi connectivity index (χ0v) is 9.46. The van der Waals surface area contributed by atoms with E-state index < -0.39 is 0 Å². The van der Waals surface area contributed by atoms with E-state index in [-0.39, 0.29) is 5.41 Å². The Morgan fingerprint density at radius 3 is 2.47 bits per heavy atom. The molecule has 0 amide bonds. The summed E-state index contributed by atoms with van der Waals surface area (Å²) in [7, 11) is 0. The summed E-state index contributed by atoms with van der Waals surface area (Å²) < 4.78 is 0. The normalized spacial score (nSPS) is 10.8.